The molecular formula is C23H25F2N5O5S. The fraction of sp³-hybridized carbons (Fsp3) is 0.391. The molecule has 10 nitrogen and oxygen atoms in total. The Kier molecular flexibility index (Phi) is 8.10. The van der Waals surface area contributed by atoms with Crippen molar-refractivity contribution >= 4 is 46.5 Å². The quantitative estimate of drug-likeness (QED) is 0.575. The topological polar surface area (TPSA) is 96.5 Å². The molecule has 2 aromatic rings. The van der Waals surface area contributed by atoms with Crippen LogP contribution < -0.4 is 15.1 Å². The molecule has 0 unspecified atom stereocenters. The molecule has 2 aliphatic heterocycles. The van der Waals surface area contributed by atoms with E-state index in [0.29, 0.717) is 23.6 Å². The van der Waals surface area contributed by atoms with Crippen LogP contribution in [0.1, 0.15) is 12.8 Å². The van der Waals surface area contributed by atoms with E-state index in [1.165, 1.54) is 23.1 Å². The average Bonchev–Trinajstić information content (AvgIpc) is 3.07. The van der Waals surface area contributed by atoms with Crippen LogP contribution in [0.4, 0.5) is 35.4 Å². The van der Waals surface area contributed by atoms with Crippen LogP contribution in [0.2, 0.25) is 0 Å². The molecule has 1 atom stereocenters. The third-order valence-electron chi connectivity index (χ3n) is 5.72. The molecule has 0 spiro atoms. The lowest BCUT2D eigenvalue weighted by Gasteiger charge is -2.24. The van der Waals surface area contributed by atoms with Crippen molar-refractivity contribution in [2.45, 2.75) is 18.9 Å². The van der Waals surface area contributed by atoms with Gasteiger partial charge in [-0.15, -0.1) is 0 Å². The van der Waals surface area contributed by atoms with Crippen molar-refractivity contribution in [2.75, 3.05) is 55.0 Å². The van der Waals surface area contributed by atoms with Gasteiger partial charge in [-0.25, -0.2) is 23.4 Å². The van der Waals surface area contributed by atoms with Crippen molar-refractivity contribution in [3.63, 3.8) is 0 Å². The number of ether oxygens (including phenoxy) is 2. The molecule has 192 valence electrons. The third kappa shape index (κ3) is 5.97. The standard InChI is InChI=1S/C23H25F2N5O5S/c1-33-20(36)5-4-17-14-29(23(32)35-17)16-11-18(24)21(19(25)12-16)28-7-8-30(34-10-9-28)22(31)27-15-3-2-6-26-13-15/h2-3,6,11-13,17H,4-5,7-10,14H2,1H3,(H,27,31)/t17-/m0/s1. The van der Waals surface area contributed by atoms with Gasteiger partial charge in [-0.1, -0.05) is 0 Å². The molecule has 3 heterocycles. The first-order valence-electron chi connectivity index (χ1n) is 11.3. The number of carbonyl (C=O) groups excluding carboxylic acids is 2. The minimum absolute atomic E-state index is 0.0323. The van der Waals surface area contributed by atoms with Crippen LogP contribution in [-0.4, -0.2) is 73.2 Å². The van der Waals surface area contributed by atoms with Gasteiger partial charge in [0.25, 0.3) is 0 Å². The summed E-state index contributed by atoms with van der Waals surface area (Å²) in [4.78, 5) is 36.8. The van der Waals surface area contributed by atoms with E-state index in [0.717, 1.165) is 17.2 Å². The van der Waals surface area contributed by atoms with E-state index in [4.69, 9.17) is 26.5 Å². The average molecular weight is 522 g/mol. The SMILES string of the molecule is COC(=S)CC[C@H]1CN(c2cc(F)c(N3CCON(C(=O)Nc4cccnc4)CC3)c(F)c2)C(=O)O1. The molecule has 0 bridgehead atoms. The lowest BCUT2D eigenvalue weighted by molar-refractivity contribution is -0.100. The van der Waals surface area contributed by atoms with E-state index in [1.807, 2.05) is 0 Å². The highest BCUT2D eigenvalue weighted by Gasteiger charge is 2.34. The zero-order valence-corrected chi connectivity index (χ0v) is 20.3. The van der Waals surface area contributed by atoms with Gasteiger partial charge in [-0.05, 0) is 30.8 Å². The number of amides is 3. The molecular weight excluding hydrogens is 496 g/mol. The Balaban J connectivity index is 1.40. The smallest absolute Gasteiger partial charge is 0.414 e. The number of pyridine rings is 1. The Bertz CT molecular complexity index is 1100. The summed E-state index contributed by atoms with van der Waals surface area (Å²) in [7, 11) is 1.47. The molecule has 4 rings (SSSR count). The van der Waals surface area contributed by atoms with Crippen molar-refractivity contribution in [1.29, 1.82) is 0 Å². The van der Waals surface area contributed by atoms with E-state index in [2.05, 4.69) is 10.3 Å². The number of nitrogens with one attached hydrogen (secondary N) is 1. The predicted octanol–water partition coefficient (Wildman–Crippen LogP) is 3.72. The van der Waals surface area contributed by atoms with Crippen molar-refractivity contribution in [3.8, 4) is 0 Å². The number of urea groups is 1. The van der Waals surface area contributed by atoms with Crippen LogP contribution in [-0.2, 0) is 14.3 Å². The number of nitrogens with zero attached hydrogens (tertiary/aromatic N) is 4. The highest BCUT2D eigenvalue weighted by molar-refractivity contribution is 7.80. The van der Waals surface area contributed by atoms with Gasteiger partial charge in [-0.2, -0.15) is 0 Å². The molecule has 2 fully saturated rings. The number of hydroxylamine groups is 2. The van der Waals surface area contributed by atoms with Crippen LogP contribution in [0.25, 0.3) is 0 Å². The van der Waals surface area contributed by atoms with Gasteiger partial charge in [0.05, 0.1) is 44.4 Å². The Hall–Kier alpha value is -3.58. The number of aromatic nitrogens is 1. The second-order valence-electron chi connectivity index (χ2n) is 8.08. The number of hydrogen-bond acceptors (Lipinski definition) is 8. The lowest BCUT2D eigenvalue weighted by Crippen LogP contribution is -2.37. The van der Waals surface area contributed by atoms with Gasteiger partial charge in [0.2, 0.25) is 0 Å². The fourth-order valence-electron chi connectivity index (χ4n) is 3.93. The first kappa shape index (κ1) is 25.5. The minimum atomic E-state index is -0.838. The maximum atomic E-state index is 15.1. The summed E-state index contributed by atoms with van der Waals surface area (Å²) in [5.41, 5.74) is 0.287. The zero-order valence-electron chi connectivity index (χ0n) is 19.5. The number of benzene rings is 1. The molecule has 0 saturated carbocycles. The largest absolute Gasteiger partial charge is 0.490 e. The van der Waals surface area contributed by atoms with E-state index < -0.39 is 29.9 Å². The number of thiocarbonyl (C=S) groups is 1. The molecule has 0 radical (unpaired) electrons. The maximum Gasteiger partial charge on any atom is 0.414 e. The van der Waals surface area contributed by atoms with Crippen LogP contribution in [0.15, 0.2) is 36.7 Å². The number of rotatable bonds is 6. The number of halogens is 2. The van der Waals surface area contributed by atoms with Crippen LogP contribution in [0.5, 0.6) is 0 Å². The van der Waals surface area contributed by atoms with E-state index in [-0.39, 0.29) is 44.2 Å². The molecule has 0 aliphatic carbocycles. The fourth-order valence-corrected chi connectivity index (χ4v) is 4.05. The number of anilines is 3. The molecule has 13 heteroatoms. The molecule has 36 heavy (non-hydrogen) atoms. The Morgan fingerprint density at radius 1 is 1.28 bits per heavy atom. The summed E-state index contributed by atoms with van der Waals surface area (Å²) in [6.45, 7) is 0.515. The minimum Gasteiger partial charge on any atom is -0.490 e. The summed E-state index contributed by atoms with van der Waals surface area (Å²) in [5, 5.41) is 4.14. The second-order valence-corrected chi connectivity index (χ2v) is 8.54. The van der Waals surface area contributed by atoms with Gasteiger partial charge in [0.1, 0.15) is 11.8 Å². The normalized spacial score (nSPS) is 18.0. The number of methoxy groups -OCH3 is 1. The highest BCUT2D eigenvalue weighted by Crippen LogP contribution is 2.32. The highest BCUT2D eigenvalue weighted by atomic mass is 32.1. The first-order valence-corrected chi connectivity index (χ1v) is 11.7. The summed E-state index contributed by atoms with van der Waals surface area (Å²) in [6.07, 6.45) is 2.77. The summed E-state index contributed by atoms with van der Waals surface area (Å²) < 4.78 is 40.5. The van der Waals surface area contributed by atoms with E-state index in [1.54, 1.807) is 18.3 Å². The number of carbonyl (C=O) groups is 2. The lowest BCUT2D eigenvalue weighted by atomic mass is 10.2. The predicted molar refractivity (Wildman–Crippen MR) is 131 cm³/mol. The maximum absolute atomic E-state index is 15.1. The van der Waals surface area contributed by atoms with Gasteiger partial charge in [0.15, 0.2) is 16.7 Å². The number of cyclic esters (lactones) is 1. The summed E-state index contributed by atoms with van der Waals surface area (Å²) in [5.74, 6) is -1.68. The van der Waals surface area contributed by atoms with Crippen molar-refractivity contribution in [1.82, 2.24) is 10.0 Å². The van der Waals surface area contributed by atoms with Crippen molar-refractivity contribution in [2.24, 2.45) is 0 Å². The monoisotopic (exact) mass is 521 g/mol. The van der Waals surface area contributed by atoms with E-state index in [9.17, 15) is 9.59 Å². The summed E-state index contributed by atoms with van der Waals surface area (Å²) in [6, 6.07) is 5.03. The van der Waals surface area contributed by atoms with Gasteiger partial charge >= 0.3 is 12.1 Å². The molecule has 3 amide bonds. The zero-order chi connectivity index (χ0) is 25.7. The second kappa shape index (κ2) is 11.4. The van der Waals surface area contributed by atoms with Gasteiger partial charge < -0.3 is 19.7 Å². The van der Waals surface area contributed by atoms with Gasteiger partial charge in [0, 0.05) is 37.8 Å². The number of hydrogen-bond donors (Lipinski definition) is 1. The van der Waals surface area contributed by atoms with Crippen molar-refractivity contribution < 1.29 is 32.7 Å². The van der Waals surface area contributed by atoms with E-state index >= 15 is 8.78 Å². The van der Waals surface area contributed by atoms with Crippen LogP contribution >= 0.6 is 12.2 Å². The van der Waals surface area contributed by atoms with Crippen LogP contribution in [0.3, 0.4) is 0 Å². The third-order valence-corrected chi connectivity index (χ3v) is 6.09. The Morgan fingerprint density at radius 2 is 2.06 bits per heavy atom. The molecule has 2 saturated heterocycles. The molecule has 1 aromatic carbocycles. The molecule has 2 aliphatic rings. The van der Waals surface area contributed by atoms with Gasteiger partial charge in [-0.3, -0.25) is 14.7 Å². The summed E-state index contributed by atoms with van der Waals surface area (Å²) >= 11 is 5.00. The Labute approximate surface area is 211 Å². The first-order chi connectivity index (χ1) is 17.4. The molecule has 1 N–H and O–H groups in total. The van der Waals surface area contributed by atoms with Crippen LogP contribution in [0, 0.1) is 11.6 Å². The molecule has 1 aromatic heterocycles. The van der Waals surface area contributed by atoms with Crippen molar-refractivity contribution in [3.05, 3.63) is 48.3 Å². The Morgan fingerprint density at radius 3 is 2.75 bits per heavy atom.